The van der Waals surface area contributed by atoms with Gasteiger partial charge in [-0.05, 0) is 37.1 Å². The number of anilines is 1. The minimum absolute atomic E-state index is 0.0484. The Balaban J connectivity index is 2.54. The minimum Gasteiger partial charge on any atom is -0.374 e. The number of nitrogens with two attached hydrogens (primary N) is 1. The van der Waals surface area contributed by atoms with Crippen LogP contribution in [-0.4, -0.2) is 24.4 Å². The number of amides is 2. The van der Waals surface area contributed by atoms with E-state index in [2.05, 4.69) is 10.6 Å². The minimum atomic E-state index is -0.464. The van der Waals surface area contributed by atoms with E-state index in [-0.39, 0.29) is 11.9 Å². The summed E-state index contributed by atoms with van der Waals surface area (Å²) in [5.74, 6) is -0.0899. The molecular formula is C14H21N3O2. The molecule has 0 aliphatic rings. The number of carbonyl (C=O) groups is 2. The van der Waals surface area contributed by atoms with E-state index in [1.54, 1.807) is 31.2 Å². The number of nitrogens with one attached hydrogen (secondary N) is 2. The molecule has 104 valence electrons. The highest BCUT2D eigenvalue weighted by atomic mass is 16.2. The predicted molar refractivity (Wildman–Crippen MR) is 75.9 cm³/mol. The average molecular weight is 263 g/mol. The maximum absolute atomic E-state index is 11.8. The van der Waals surface area contributed by atoms with E-state index in [4.69, 9.17) is 5.73 Å². The summed E-state index contributed by atoms with van der Waals surface area (Å²) in [7, 11) is 0. The van der Waals surface area contributed by atoms with E-state index in [0.29, 0.717) is 18.0 Å². The van der Waals surface area contributed by atoms with Crippen molar-refractivity contribution in [2.75, 3.05) is 11.9 Å². The molecule has 5 heteroatoms. The third kappa shape index (κ3) is 4.99. The largest absolute Gasteiger partial charge is 0.374 e. The topological polar surface area (TPSA) is 84.2 Å². The molecule has 0 spiro atoms. The van der Waals surface area contributed by atoms with Gasteiger partial charge in [0.05, 0.1) is 0 Å². The van der Waals surface area contributed by atoms with E-state index in [9.17, 15) is 9.59 Å². The van der Waals surface area contributed by atoms with Crippen LogP contribution in [0.5, 0.6) is 0 Å². The fraction of sp³-hybridized carbons (Fsp3) is 0.429. The van der Waals surface area contributed by atoms with Crippen LogP contribution in [0.4, 0.5) is 5.69 Å². The van der Waals surface area contributed by atoms with Crippen LogP contribution in [0.15, 0.2) is 24.3 Å². The summed E-state index contributed by atoms with van der Waals surface area (Å²) >= 11 is 0. The van der Waals surface area contributed by atoms with E-state index in [1.165, 1.54) is 0 Å². The van der Waals surface area contributed by atoms with Crippen molar-refractivity contribution in [3.8, 4) is 0 Å². The summed E-state index contributed by atoms with van der Waals surface area (Å²) in [5.41, 5.74) is 6.38. The lowest BCUT2D eigenvalue weighted by Gasteiger charge is -2.16. The van der Waals surface area contributed by atoms with Gasteiger partial charge in [-0.3, -0.25) is 9.59 Å². The van der Waals surface area contributed by atoms with E-state index < -0.39 is 5.91 Å². The Hall–Kier alpha value is -2.04. The van der Waals surface area contributed by atoms with Gasteiger partial charge in [0, 0.05) is 17.8 Å². The van der Waals surface area contributed by atoms with Crippen LogP contribution in [0.2, 0.25) is 0 Å². The molecule has 1 rings (SSSR count). The lowest BCUT2D eigenvalue weighted by Crippen LogP contribution is -2.39. The lowest BCUT2D eigenvalue weighted by molar-refractivity contribution is -0.121. The van der Waals surface area contributed by atoms with Gasteiger partial charge in [-0.15, -0.1) is 0 Å². The number of carbonyl (C=O) groups excluding carboxylic acids is 2. The molecule has 0 aromatic heterocycles. The standard InChI is InChI=1S/C14H21N3O2/c1-9(2)8-16-14(19)10(3)17-12-6-4-11(5-7-12)13(15)18/h4-7,9-10,17H,8H2,1-3H3,(H2,15,18)(H,16,19). The van der Waals surface area contributed by atoms with Gasteiger partial charge in [0.15, 0.2) is 0 Å². The second-order valence-electron chi connectivity index (χ2n) is 4.95. The maximum Gasteiger partial charge on any atom is 0.248 e. The third-order valence-electron chi connectivity index (χ3n) is 2.63. The van der Waals surface area contributed by atoms with E-state index >= 15 is 0 Å². The van der Waals surface area contributed by atoms with Gasteiger partial charge in [0.1, 0.15) is 6.04 Å². The zero-order chi connectivity index (χ0) is 14.4. The van der Waals surface area contributed by atoms with Crippen molar-refractivity contribution in [2.45, 2.75) is 26.8 Å². The molecule has 4 N–H and O–H groups in total. The first-order valence-corrected chi connectivity index (χ1v) is 6.34. The van der Waals surface area contributed by atoms with Crippen LogP contribution in [-0.2, 0) is 4.79 Å². The normalized spacial score (nSPS) is 12.0. The van der Waals surface area contributed by atoms with Gasteiger partial charge >= 0.3 is 0 Å². The SMILES string of the molecule is CC(C)CNC(=O)C(C)Nc1ccc(C(N)=O)cc1. The van der Waals surface area contributed by atoms with Crippen LogP contribution >= 0.6 is 0 Å². The molecule has 0 radical (unpaired) electrons. The van der Waals surface area contributed by atoms with Crippen LogP contribution in [0.25, 0.3) is 0 Å². The zero-order valence-corrected chi connectivity index (χ0v) is 11.6. The quantitative estimate of drug-likeness (QED) is 0.724. The van der Waals surface area contributed by atoms with Gasteiger partial charge in [-0.2, -0.15) is 0 Å². The van der Waals surface area contributed by atoms with Gasteiger partial charge in [-0.1, -0.05) is 13.8 Å². The second-order valence-corrected chi connectivity index (χ2v) is 4.95. The molecule has 0 aliphatic heterocycles. The lowest BCUT2D eigenvalue weighted by atomic mass is 10.2. The third-order valence-corrected chi connectivity index (χ3v) is 2.63. The molecule has 0 saturated carbocycles. The molecule has 0 heterocycles. The summed E-state index contributed by atoms with van der Waals surface area (Å²) in [6.45, 7) is 6.53. The molecule has 0 fully saturated rings. The van der Waals surface area contributed by atoms with Crippen molar-refractivity contribution in [1.82, 2.24) is 5.32 Å². The Morgan fingerprint density at radius 1 is 1.16 bits per heavy atom. The van der Waals surface area contributed by atoms with Crippen LogP contribution < -0.4 is 16.4 Å². The summed E-state index contributed by atoms with van der Waals surface area (Å²) < 4.78 is 0. The first kappa shape index (κ1) is 15.0. The van der Waals surface area contributed by atoms with Crippen molar-refractivity contribution in [3.05, 3.63) is 29.8 Å². The average Bonchev–Trinajstić information content (AvgIpc) is 2.36. The van der Waals surface area contributed by atoms with Crippen LogP contribution in [0.3, 0.4) is 0 Å². The first-order valence-electron chi connectivity index (χ1n) is 6.34. The molecule has 5 nitrogen and oxygen atoms in total. The molecular weight excluding hydrogens is 242 g/mol. The van der Waals surface area contributed by atoms with Crippen molar-refractivity contribution >= 4 is 17.5 Å². The summed E-state index contributed by atoms with van der Waals surface area (Å²) in [4.78, 5) is 22.7. The van der Waals surface area contributed by atoms with Crippen molar-refractivity contribution < 1.29 is 9.59 Å². The number of hydrogen-bond donors (Lipinski definition) is 3. The molecule has 0 saturated heterocycles. The number of rotatable bonds is 6. The fourth-order valence-corrected chi connectivity index (χ4v) is 1.50. The molecule has 1 aromatic carbocycles. The summed E-state index contributed by atoms with van der Waals surface area (Å²) in [6.07, 6.45) is 0. The van der Waals surface area contributed by atoms with Crippen molar-refractivity contribution in [1.29, 1.82) is 0 Å². The number of primary amides is 1. The van der Waals surface area contributed by atoms with Gasteiger partial charge in [0.25, 0.3) is 0 Å². The Morgan fingerprint density at radius 3 is 2.21 bits per heavy atom. The van der Waals surface area contributed by atoms with Crippen LogP contribution in [0, 0.1) is 5.92 Å². The number of hydrogen-bond acceptors (Lipinski definition) is 3. The molecule has 1 unspecified atom stereocenters. The molecule has 0 bridgehead atoms. The van der Waals surface area contributed by atoms with Crippen LogP contribution in [0.1, 0.15) is 31.1 Å². The monoisotopic (exact) mass is 263 g/mol. The summed E-state index contributed by atoms with van der Waals surface area (Å²) in [6, 6.07) is 6.38. The highest BCUT2D eigenvalue weighted by Crippen LogP contribution is 2.10. The highest BCUT2D eigenvalue weighted by molar-refractivity contribution is 5.93. The second kappa shape index (κ2) is 6.78. The van der Waals surface area contributed by atoms with Gasteiger partial charge in [-0.25, -0.2) is 0 Å². The molecule has 1 aromatic rings. The number of benzene rings is 1. The summed E-state index contributed by atoms with van der Waals surface area (Å²) in [5, 5.41) is 5.92. The maximum atomic E-state index is 11.8. The first-order chi connectivity index (χ1) is 8.90. The fourth-order valence-electron chi connectivity index (χ4n) is 1.50. The Bertz CT molecular complexity index is 441. The predicted octanol–water partition coefficient (Wildman–Crippen LogP) is 1.36. The smallest absolute Gasteiger partial charge is 0.248 e. The molecule has 2 amide bonds. The molecule has 0 aliphatic carbocycles. The van der Waals surface area contributed by atoms with E-state index in [1.807, 2.05) is 13.8 Å². The van der Waals surface area contributed by atoms with Crippen molar-refractivity contribution in [3.63, 3.8) is 0 Å². The molecule has 19 heavy (non-hydrogen) atoms. The molecule has 1 atom stereocenters. The van der Waals surface area contributed by atoms with E-state index in [0.717, 1.165) is 5.69 Å². The van der Waals surface area contributed by atoms with Gasteiger partial charge in [0.2, 0.25) is 11.8 Å². The Labute approximate surface area is 113 Å². The van der Waals surface area contributed by atoms with Gasteiger partial charge < -0.3 is 16.4 Å². The Morgan fingerprint density at radius 2 is 1.74 bits per heavy atom. The Kier molecular flexibility index (Phi) is 5.36. The highest BCUT2D eigenvalue weighted by Gasteiger charge is 2.12. The van der Waals surface area contributed by atoms with Crippen molar-refractivity contribution in [2.24, 2.45) is 11.7 Å². The zero-order valence-electron chi connectivity index (χ0n) is 11.6.